The van der Waals surface area contributed by atoms with Crippen molar-refractivity contribution < 1.29 is 23.8 Å². The molecule has 5 nitrogen and oxygen atoms in total. The minimum atomic E-state index is -0.745. The molecule has 3 rings (SSSR count). The summed E-state index contributed by atoms with van der Waals surface area (Å²) in [6.45, 7) is 17.8. The lowest BCUT2D eigenvalue weighted by molar-refractivity contribution is -0.136. The van der Waals surface area contributed by atoms with Crippen LogP contribution >= 0.6 is 0 Å². The van der Waals surface area contributed by atoms with Gasteiger partial charge in [-0.05, 0) is 43.2 Å². The highest BCUT2D eigenvalue weighted by Crippen LogP contribution is 2.56. The van der Waals surface area contributed by atoms with Crippen LogP contribution in [-0.4, -0.2) is 29.6 Å². The summed E-state index contributed by atoms with van der Waals surface area (Å²) in [5.74, 6) is -0.401. The highest BCUT2D eigenvalue weighted by Gasteiger charge is 2.53. The zero-order chi connectivity index (χ0) is 25.6. The third-order valence-corrected chi connectivity index (χ3v) is 4.39. The Bertz CT molecular complexity index is 567. The quantitative estimate of drug-likeness (QED) is 0.457. The molecule has 1 aromatic carbocycles. The van der Waals surface area contributed by atoms with E-state index in [2.05, 4.69) is 19.2 Å². The number of rotatable bonds is 5. The summed E-state index contributed by atoms with van der Waals surface area (Å²) in [4.78, 5) is 19.7. The lowest BCUT2D eigenvalue weighted by atomic mass is 9.53. The van der Waals surface area contributed by atoms with Gasteiger partial charge in [0.05, 0.1) is 6.10 Å². The van der Waals surface area contributed by atoms with Gasteiger partial charge in [0, 0.05) is 18.5 Å². The molecule has 0 saturated heterocycles. The minimum Gasteiger partial charge on any atom is -0.490 e. The lowest BCUT2D eigenvalue weighted by Crippen LogP contribution is -2.57. The van der Waals surface area contributed by atoms with Crippen molar-refractivity contribution >= 4 is 12.4 Å². The van der Waals surface area contributed by atoms with Gasteiger partial charge in [-0.3, -0.25) is 9.59 Å². The monoisotopic (exact) mass is 457 g/mol. The van der Waals surface area contributed by atoms with Crippen LogP contribution in [0.2, 0.25) is 0 Å². The van der Waals surface area contributed by atoms with Crippen LogP contribution in [0.4, 0.5) is 4.39 Å². The summed E-state index contributed by atoms with van der Waals surface area (Å²) in [7, 11) is 0. The van der Waals surface area contributed by atoms with E-state index in [0.717, 1.165) is 32.1 Å². The van der Waals surface area contributed by atoms with Crippen molar-refractivity contribution in [2.45, 2.75) is 113 Å². The van der Waals surface area contributed by atoms with Gasteiger partial charge in [0.15, 0.2) is 0 Å². The number of halogens is 1. The van der Waals surface area contributed by atoms with E-state index in [-0.39, 0.29) is 18.3 Å². The molecular formula is C26H48FNO4. The Balaban J connectivity index is -0.000000506. The topological polar surface area (TPSA) is 75.6 Å². The fourth-order valence-corrected chi connectivity index (χ4v) is 3.26. The van der Waals surface area contributed by atoms with Crippen molar-refractivity contribution in [3.63, 3.8) is 0 Å². The molecule has 1 amide bonds. The second kappa shape index (κ2) is 22.1. The van der Waals surface area contributed by atoms with Gasteiger partial charge in [0.2, 0.25) is 6.41 Å². The molecule has 0 aromatic heterocycles. The van der Waals surface area contributed by atoms with E-state index in [9.17, 15) is 14.0 Å². The maximum absolute atomic E-state index is 13.0. The first-order valence-electron chi connectivity index (χ1n) is 12.2. The molecule has 2 fully saturated rings. The van der Waals surface area contributed by atoms with Crippen LogP contribution in [0.15, 0.2) is 24.3 Å². The van der Waals surface area contributed by atoms with Gasteiger partial charge in [-0.1, -0.05) is 74.8 Å². The molecule has 1 aromatic rings. The highest BCUT2D eigenvalue weighted by atomic mass is 19.1. The van der Waals surface area contributed by atoms with Gasteiger partial charge < -0.3 is 15.2 Å². The molecular weight excluding hydrogens is 409 g/mol. The van der Waals surface area contributed by atoms with Crippen LogP contribution in [-0.2, 0) is 9.59 Å². The molecule has 2 saturated carbocycles. The predicted octanol–water partition coefficient (Wildman–Crippen LogP) is 7.24. The first kappa shape index (κ1) is 34.5. The maximum Gasteiger partial charge on any atom is 0.303 e. The fourth-order valence-electron chi connectivity index (χ4n) is 3.26. The molecule has 0 radical (unpaired) electrons. The van der Waals surface area contributed by atoms with Gasteiger partial charge in [-0.2, -0.15) is 0 Å². The number of nitrogens with one attached hydrogen (secondary N) is 1. The largest absolute Gasteiger partial charge is 0.490 e. The second-order valence-corrected chi connectivity index (χ2v) is 6.95. The Morgan fingerprint density at radius 2 is 1.56 bits per heavy atom. The predicted molar refractivity (Wildman–Crippen MR) is 133 cm³/mol. The minimum absolute atomic E-state index is 0.198. The second-order valence-electron chi connectivity index (χ2n) is 6.95. The first-order chi connectivity index (χ1) is 15.4. The molecule has 2 aliphatic rings. The van der Waals surface area contributed by atoms with Crippen molar-refractivity contribution in [3.05, 3.63) is 30.1 Å². The summed E-state index contributed by atoms with van der Waals surface area (Å²) in [5, 5.41) is 10.5. The summed E-state index contributed by atoms with van der Waals surface area (Å²) in [6, 6.07) is 6.62. The standard InChI is InChI=1S/C14H16FNO2.C3H6O2.C3H8.3C2H6/c15-10-2-1-3-12(4-10)18-13-7-14(8-13)5-11(6-14)16-9-17;1-2-3(4)5;1-3-2;3*1-2/h1-4,9,11,13H,5-8H2,(H,16,17);2H2,1H3,(H,4,5);3H2,1-2H3;3*1-2H3. The van der Waals surface area contributed by atoms with Crippen LogP contribution in [0.3, 0.4) is 0 Å². The van der Waals surface area contributed by atoms with E-state index in [1.165, 1.54) is 18.6 Å². The Kier molecular flexibility index (Phi) is 23.8. The first-order valence-corrected chi connectivity index (χ1v) is 12.2. The lowest BCUT2D eigenvalue weighted by Gasteiger charge is -2.57. The number of hydrogen-bond donors (Lipinski definition) is 2. The van der Waals surface area contributed by atoms with Crippen LogP contribution in [0, 0.1) is 11.2 Å². The van der Waals surface area contributed by atoms with Crippen LogP contribution in [0.25, 0.3) is 0 Å². The highest BCUT2D eigenvalue weighted by molar-refractivity contribution is 5.66. The molecule has 188 valence electrons. The number of carbonyl (C=O) groups excluding carboxylic acids is 1. The van der Waals surface area contributed by atoms with Gasteiger partial charge in [-0.15, -0.1) is 0 Å². The molecule has 2 N–H and O–H groups in total. The van der Waals surface area contributed by atoms with Crippen molar-refractivity contribution in [1.29, 1.82) is 0 Å². The van der Waals surface area contributed by atoms with Gasteiger partial charge in [-0.25, -0.2) is 4.39 Å². The molecule has 0 aliphatic heterocycles. The average Bonchev–Trinajstić information content (AvgIpc) is 2.76. The van der Waals surface area contributed by atoms with E-state index in [0.29, 0.717) is 17.2 Å². The smallest absolute Gasteiger partial charge is 0.303 e. The summed E-state index contributed by atoms with van der Waals surface area (Å²) >= 11 is 0. The van der Waals surface area contributed by atoms with Gasteiger partial charge >= 0.3 is 5.97 Å². The normalized spacial score (nSPS) is 21.1. The third-order valence-electron chi connectivity index (χ3n) is 4.39. The van der Waals surface area contributed by atoms with Crippen molar-refractivity contribution in [1.82, 2.24) is 5.32 Å². The Hall–Kier alpha value is -2.11. The molecule has 0 atom stereocenters. The number of ether oxygens (including phenoxy) is 1. The number of aliphatic carboxylic acids is 1. The van der Waals surface area contributed by atoms with Crippen LogP contribution < -0.4 is 10.1 Å². The molecule has 1 spiro atoms. The van der Waals surface area contributed by atoms with Crippen LogP contribution in [0.5, 0.6) is 5.75 Å². The molecule has 6 heteroatoms. The molecule has 0 unspecified atom stereocenters. The Morgan fingerprint density at radius 3 is 1.94 bits per heavy atom. The van der Waals surface area contributed by atoms with Crippen molar-refractivity contribution in [2.75, 3.05) is 0 Å². The summed E-state index contributed by atoms with van der Waals surface area (Å²) in [6.07, 6.45) is 6.57. The van der Waals surface area contributed by atoms with E-state index in [1.54, 1.807) is 19.1 Å². The number of carboxylic acid groups (broad SMARTS) is 1. The number of carboxylic acids is 1. The van der Waals surface area contributed by atoms with Crippen molar-refractivity contribution in [3.8, 4) is 5.75 Å². The van der Waals surface area contributed by atoms with Crippen molar-refractivity contribution in [2.24, 2.45) is 5.41 Å². The van der Waals surface area contributed by atoms with E-state index in [4.69, 9.17) is 9.84 Å². The average molecular weight is 458 g/mol. The Labute approximate surface area is 196 Å². The molecule has 0 bridgehead atoms. The van der Waals surface area contributed by atoms with Gasteiger partial charge in [0.1, 0.15) is 11.6 Å². The fraction of sp³-hybridized carbons (Fsp3) is 0.692. The van der Waals surface area contributed by atoms with Crippen LogP contribution in [0.1, 0.15) is 101 Å². The SMILES string of the molecule is CC.CC.CC.CCC.CCC(=O)O.O=CNC1CC2(C1)CC(Oc1cccc(F)c1)C2. The van der Waals surface area contributed by atoms with E-state index >= 15 is 0 Å². The molecule has 2 aliphatic carbocycles. The number of amides is 1. The Morgan fingerprint density at radius 1 is 1.09 bits per heavy atom. The number of benzene rings is 1. The maximum atomic E-state index is 13.0. The van der Waals surface area contributed by atoms with E-state index in [1.807, 2.05) is 41.5 Å². The summed E-state index contributed by atoms with van der Waals surface area (Å²) in [5.41, 5.74) is 0.374. The zero-order valence-corrected chi connectivity index (χ0v) is 21.8. The summed E-state index contributed by atoms with van der Waals surface area (Å²) < 4.78 is 18.7. The van der Waals surface area contributed by atoms with Gasteiger partial charge in [0.25, 0.3) is 0 Å². The third kappa shape index (κ3) is 14.8. The molecule has 32 heavy (non-hydrogen) atoms. The number of carbonyl (C=O) groups is 2. The zero-order valence-electron chi connectivity index (χ0n) is 21.8. The molecule has 0 heterocycles. The van der Waals surface area contributed by atoms with E-state index < -0.39 is 5.97 Å². The number of hydrogen-bond acceptors (Lipinski definition) is 3.